The van der Waals surface area contributed by atoms with E-state index in [1.54, 1.807) is 33.3 Å². The third-order valence-corrected chi connectivity index (χ3v) is 5.32. The van der Waals surface area contributed by atoms with E-state index in [9.17, 15) is 14.0 Å². The van der Waals surface area contributed by atoms with Crippen molar-refractivity contribution in [3.05, 3.63) is 57.5 Å². The lowest BCUT2D eigenvalue weighted by Gasteiger charge is -2.27. The largest absolute Gasteiger partial charge is 0.334 e. The van der Waals surface area contributed by atoms with Crippen LogP contribution in [0, 0.1) is 12.7 Å². The van der Waals surface area contributed by atoms with Crippen LogP contribution in [-0.2, 0) is 22.7 Å². The molecule has 146 valence electrons. The first-order valence-electron chi connectivity index (χ1n) is 9.22. The molecule has 6 heteroatoms. The number of rotatable bonds is 9. The maximum Gasteiger partial charge on any atom is 0.242 e. The smallest absolute Gasteiger partial charge is 0.242 e. The van der Waals surface area contributed by atoms with Gasteiger partial charge in [0, 0.05) is 29.8 Å². The maximum absolute atomic E-state index is 13.2. The molecule has 0 aliphatic heterocycles. The second-order valence-electron chi connectivity index (χ2n) is 6.68. The molecule has 0 aliphatic carbocycles. The lowest BCUT2D eigenvalue weighted by molar-refractivity contribution is -0.140. The van der Waals surface area contributed by atoms with Gasteiger partial charge in [-0.05, 0) is 43.2 Å². The lowest BCUT2D eigenvalue weighted by atomic mass is 10.2. The number of thiophene rings is 1. The van der Waals surface area contributed by atoms with Crippen molar-refractivity contribution in [2.45, 2.75) is 46.7 Å². The number of hydrogen-bond donors (Lipinski definition) is 0. The summed E-state index contributed by atoms with van der Waals surface area (Å²) in [5, 5.41) is 0. The van der Waals surface area contributed by atoms with E-state index in [1.165, 1.54) is 23.9 Å². The Labute approximate surface area is 164 Å². The standard InChI is InChI=1S/C21H27FN2O2S/c1-4-5-12-23(17(3)25)15-21(26)24(14-20-11-6-16(2)27-20)13-18-7-9-19(22)10-8-18/h6-11H,4-5,12-15H2,1-3H3. The Morgan fingerprint density at radius 2 is 1.74 bits per heavy atom. The van der Waals surface area contributed by atoms with E-state index in [1.807, 2.05) is 19.1 Å². The molecule has 2 aromatic rings. The fourth-order valence-electron chi connectivity index (χ4n) is 2.76. The molecule has 0 N–H and O–H groups in total. The first kappa shape index (κ1) is 21.1. The number of halogens is 1. The fourth-order valence-corrected chi connectivity index (χ4v) is 3.67. The molecule has 27 heavy (non-hydrogen) atoms. The van der Waals surface area contributed by atoms with E-state index in [0.717, 1.165) is 23.3 Å². The third-order valence-electron chi connectivity index (χ3n) is 4.34. The monoisotopic (exact) mass is 390 g/mol. The zero-order chi connectivity index (χ0) is 19.8. The van der Waals surface area contributed by atoms with E-state index in [-0.39, 0.29) is 24.2 Å². The summed E-state index contributed by atoms with van der Waals surface area (Å²) < 4.78 is 13.2. The molecular weight excluding hydrogens is 363 g/mol. The molecule has 0 fully saturated rings. The number of benzene rings is 1. The number of unbranched alkanes of at least 4 members (excludes halogenated alkanes) is 1. The topological polar surface area (TPSA) is 40.6 Å². The Kier molecular flexibility index (Phi) is 7.98. The summed E-state index contributed by atoms with van der Waals surface area (Å²) >= 11 is 1.65. The van der Waals surface area contributed by atoms with Gasteiger partial charge in [0.15, 0.2) is 0 Å². The highest BCUT2D eigenvalue weighted by molar-refractivity contribution is 7.11. The van der Waals surface area contributed by atoms with E-state index in [2.05, 4.69) is 6.92 Å². The highest BCUT2D eigenvalue weighted by Gasteiger charge is 2.20. The Bertz CT molecular complexity index is 758. The number of nitrogens with zero attached hydrogens (tertiary/aromatic N) is 2. The van der Waals surface area contributed by atoms with Gasteiger partial charge in [-0.15, -0.1) is 11.3 Å². The van der Waals surface area contributed by atoms with Crippen LogP contribution >= 0.6 is 11.3 Å². The number of carbonyl (C=O) groups excluding carboxylic acids is 2. The predicted octanol–water partition coefficient (Wildman–Crippen LogP) is 4.37. The summed E-state index contributed by atoms with van der Waals surface area (Å²) in [4.78, 5) is 30.5. The molecule has 0 unspecified atom stereocenters. The Morgan fingerprint density at radius 1 is 1.04 bits per heavy atom. The van der Waals surface area contributed by atoms with Crippen molar-refractivity contribution in [3.63, 3.8) is 0 Å². The molecular formula is C21H27FN2O2S. The van der Waals surface area contributed by atoms with Gasteiger partial charge in [0.2, 0.25) is 11.8 Å². The van der Waals surface area contributed by atoms with Crippen molar-refractivity contribution in [2.75, 3.05) is 13.1 Å². The molecule has 0 atom stereocenters. The average molecular weight is 391 g/mol. The van der Waals surface area contributed by atoms with E-state index >= 15 is 0 Å². The molecule has 4 nitrogen and oxygen atoms in total. The molecule has 1 aromatic carbocycles. The minimum absolute atomic E-state index is 0.0703. The van der Waals surface area contributed by atoms with Crippen molar-refractivity contribution >= 4 is 23.2 Å². The summed E-state index contributed by atoms with van der Waals surface area (Å²) in [7, 11) is 0. The molecule has 0 saturated carbocycles. The Morgan fingerprint density at radius 3 is 2.30 bits per heavy atom. The van der Waals surface area contributed by atoms with Gasteiger partial charge in [-0.2, -0.15) is 0 Å². The van der Waals surface area contributed by atoms with E-state index in [4.69, 9.17) is 0 Å². The van der Waals surface area contributed by atoms with Gasteiger partial charge >= 0.3 is 0 Å². The number of hydrogen-bond acceptors (Lipinski definition) is 3. The highest BCUT2D eigenvalue weighted by atomic mass is 32.1. The van der Waals surface area contributed by atoms with Gasteiger partial charge in [-0.1, -0.05) is 25.5 Å². The Hall–Kier alpha value is -2.21. The quantitative estimate of drug-likeness (QED) is 0.638. The van der Waals surface area contributed by atoms with E-state index in [0.29, 0.717) is 19.6 Å². The SMILES string of the molecule is CCCCN(CC(=O)N(Cc1ccc(F)cc1)Cc1ccc(C)s1)C(C)=O. The molecule has 0 spiro atoms. The summed E-state index contributed by atoms with van der Waals surface area (Å²) in [5.41, 5.74) is 0.862. The zero-order valence-electron chi connectivity index (χ0n) is 16.2. The van der Waals surface area contributed by atoms with Crippen LogP contribution in [0.1, 0.15) is 42.0 Å². The van der Waals surface area contributed by atoms with Crippen LogP contribution in [0.3, 0.4) is 0 Å². The van der Waals surface area contributed by atoms with Crippen molar-refractivity contribution in [1.29, 1.82) is 0 Å². The molecule has 1 heterocycles. The Balaban J connectivity index is 2.14. The average Bonchev–Trinajstić information content (AvgIpc) is 3.04. The minimum Gasteiger partial charge on any atom is -0.334 e. The summed E-state index contributed by atoms with van der Waals surface area (Å²) in [6.45, 7) is 7.10. The van der Waals surface area contributed by atoms with Crippen LogP contribution in [-0.4, -0.2) is 34.7 Å². The normalized spacial score (nSPS) is 10.7. The number of carbonyl (C=O) groups is 2. The van der Waals surface area contributed by atoms with Crippen molar-refractivity contribution in [1.82, 2.24) is 9.80 Å². The highest BCUT2D eigenvalue weighted by Crippen LogP contribution is 2.19. The number of amides is 2. The van der Waals surface area contributed by atoms with Crippen molar-refractivity contribution < 1.29 is 14.0 Å². The number of aryl methyl sites for hydroxylation is 1. The molecule has 0 radical (unpaired) electrons. The second-order valence-corrected chi connectivity index (χ2v) is 8.06. The summed E-state index contributed by atoms with van der Waals surface area (Å²) in [6.07, 6.45) is 1.83. The van der Waals surface area contributed by atoms with Gasteiger partial charge in [0.1, 0.15) is 5.82 Å². The molecule has 2 rings (SSSR count). The lowest BCUT2D eigenvalue weighted by Crippen LogP contribution is -2.42. The fraction of sp³-hybridized carbons (Fsp3) is 0.429. The van der Waals surface area contributed by atoms with E-state index < -0.39 is 0 Å². The van der Waals surface area contributed by atoms with Crippen LogP contribution in [0.15, 0.2) is 36.4 Å². The van der Waals surface area contributed by atoms with Gasteiger partial charge < -0.3 is 9.80 Å². The van der Waals surface area contributed by atoms with Crippen LogP contribution in [0.25, 0.3) is 0 Å². The summed E-state index contributed by atoms with van der Waals surface area (Å²) in [5.74, 6) is -0.491. The van der Waals surface area contributed by atoms with Gasteiger partial charge in [0.25, 0.3) is 0 Å². The van der Waals surface area contributed by atoms with Gasteiger partial charge in [0.05, 0.1) is 13.1 Å². The first-order valence-corrected chi connectivity index (χ1v) is 10.0. The van der Waals surface area contributed by atoms with Gasteiger partial charge in [-0.3, -0.25) is 9.59 Å². The van der Waals surface area contributed by atoms with Crippen molar-refractivity contribution in [3.8, 4) is 0 Å². The van der Waals surface area contributed by atoms with Crippen LogP contribution in [0.4, 0.5) is 4.39 Å². The third kappa shape index (κ3) is 6.79. The molecule has 0 bridgehead atoms. The minimum atomic E-state index is -0.298. The maximum atomic E-state index is 13.2. The van der Waals surface area contributed by atoms with Crippen LogP contribution < -0.4 is 0 Å². The van der Waals surface area contributed by atoms with Crippen LogP contribution in [0.2, 0.25) is 0 Å². The molecule has 1 aromatic heterocycles. The molecule has 2 amide bonds. The first-order chi connectivity index (χ1) is 12.9. The summed E-state index contributed by atoms with van der Waals surface area (Å²) in [6, 6.07) is 10.2. The second kappa shape index (κ2) is 10.2. The molecule has 0 saturated heterocycles. The predicted molar refractivity (Wildman–Crippen MR) is 107 cm³/mol. The zero-order valence-corrected chi connectivity index (χ0v) is 17.0. The van der Waals surface area contributed by atoms with Crippen molar-refractivity contribution in [2.24, 2.45) is 0 Å². The van der Waals surface area contributed by atoms with Gasteiger partial charge in [-0.25, -0.2) is 4.39 Å². The van der Waals surface area contributed by atoms with Crippen LogP contribution in [0.5, 0.6) is 0 Å². The molecule has 0 aliphatic rings.